The van der Waals surface area contributed by atoms with Crippen molar-refractivity contribution >= 4 is 23.1 Å². The quantitative estimate of drug-likeness (QED) is 0.596. The molecule has 1 aliphatic rings. The highest BCUT2D eigenvalue weighted by Gasteiger charge is 2.39. The molecule has 1 aliphatic heterocycles. The second-order valence-corrected chi connectivity index (χ2v) is 7.63. The van der Waals surface area contributed by atoms with E-state index in [0.29, 0.717) is 22.6 Å². The van der Waals surface area contributed by atoms with Crippen molar-refractivity contribution in [3.63, 3.8) is 0 Å². The minimum absolute atomic E-state index is 0.213. The van der Waals surface area contributed by atoms with Crippen LogP contribution >= 0.6 is 0 Å². The minimum Gasteiger partial charge on any atom is -0.495 e. The summed E-state index contributed by atoms with van der Waals surface area (Å²) < 4.78 is 5.45. The Kier molecular flexibility index (Phi) is 5.58. The second kappa shape index (κ2) is 8.48. The van der Waals surface area contributed by atoms with Gasteiger partial charge in [0.25, 0.3) is 11.8 Å². The van der Waals surface area contributed by atoms with Crippen LogP contribution < -0.4 is 10.1 Å². The first-order chi connectivity index (χ1) is 15.0. The number of nitrogens with one attached hydrogen (secondary N) is 1. The molecule has 0 bridgehead atoms. The van der Waals surface area contributed by atoms with E-state index in [9.17, 15) is 9.59 Å². The summed E-state index contributed by atoms with van der Waals surface area (Å²) in [5.41, 5.74) is 4.99. The van der Waals surface area contributed by atoms with Gasteiger partial charge in [-0.05, 0) is 42.7 Å². The molecule has 5 nitrogen and oxygen atoms in total. The smallest absolute Gasteiger partial charge is 0.278 e. The molecule has 0 saturated carbocycles. The van der Waals surface area contributed by atoms with Gasteiger partial charge >= 0.3 is 0 Å². The molecular weight excluding hydrogens is 388 g/mol. The largest absolute Gasteiger partial charge is 0.495 e. The van der Waals surface area contributed by atoms with Gasteiger partial charge in [0.15, 0.2) is 0 Å². The number of hydrogen-bond donors (Lipinski definition) is 1. The zero-order chi connectivity index (χ0) is 22.0. The summed E-state index contributed by atoms with van der Waals surface area (Å²) in [6.07, 6.45) is 0. The molecule has 0 atom stereocenters. The third-order valence-corrected chi connectivity index (χ3v) is 5.31. The molecular formula is C26H24N2O3. The van der Waals surface area contributed by atoms with Gasteiger partial charge in [0.05, 0.1) is 24.9 Å². The zero-order valence-corrected chi connectivity index (χ0v) is 17.8. The van der Waals surface area contributed by atoms with E-state index in [4.69, 9.17) is 4.74 Å². The average Bonchev–Trinajstić information content (AvgIpc) is 3.00. The molecule has 1 N–H and O–H groups in total. The first-order valence-corrected chi connectivity index (χ1v) is 10.1. The lowest BCUT2D eigenvalue weighted by Crippen LogP contribution is -2.32. The first kappa shape index (κ1) is 20.4. The highest BCUT2D eigenvalue weighted by Crippen LogP contribution is 2.34. The molecule has 3 aromatic carbocycles. The summed E-state index contributed by atoms with van der Waals surface area (Å²) >= 11 is 0. The maximum atomic E-state index is 13.4. The number of amides is 2. The number of aryl methyl sites for hydroxylation is 2. The Morgan fingerprint density at radius 3 is 2.19 bits per heavy atom. The number of imide groups is 1. The number of rotatable bonds is 6. The first-order valence-electron chi connectivity index (χ1n) is 10.1. The van der Waals surface area contributed by atoms with Crippen LogP contribution in [0.25, 0.3) is 5.57 Å². The van der Waals surface area contributed by atoms with Gasteiger partial charge in [0.1, 0.15) is 11.4 Å². The fourth-order valence-corrected chi connectivity index (χ4v) is 3.64. The van der Waals surface area contributed by atoms with Gasteiger partial charge < -0.3 is 10.1 Å². The molecule has 0 unspecified atom stereocenters. The summed E-state index contributed by atoms with van der Waals surface area (Å²) in [5, 5.41) is 3.20. The van der Waals surface area contributed by atoms with Gasteiger partial charge in [-0.15, -0.1) is 0 Å². The van der Waals surface area contributed by atoms with Gasteiger partial charge in [-0.1, -0.05) is 66.2 Å². The molecule has 0 radical (unpaired) electrons. The van der Waals surface area contributed by atoms with Crippen molar-refractivity contribution in [1.29, 1.82) is 0 Å². The summed E-state index contributed by atoms with van der Waals surface area (Å²) in [6.45, 7) is 4.18. The normalized spacial score (nSPS) is 13.7. The lowest BCUT2D eigenvalue weighted by atomic mass is 10.0. The van der Waals surface area contributed by atoms with Crippen LogP contribution in [-0.2, 0) is 16.1 Å². The van der Waals surface area contributed by atoms with Crippen LogP contribution in [0, 0.1) is 13.8 Å². The van der Waals surface area contributed by atoms with Crippen molar-refractivity contribution < 1.29 is 14.3 Å². The van der Waals surface area contributed by atoms with Crippen molar-refractivity contribution in [3.05, 3.63) is 101 Å². The number of methoxy groups -OCH3 is 1. The van der Waals surface area contributed by atoms with Crippen molar-refractivity contribution in [1.82, 2.24) is 4.90 Å². The number of carbonyl (C=O) groups excluding carboxylic acids is 2. The number of ether oxygens (including phenoxy) is 1. The lowest BCUT2D eigenvalue weighted by molar-refractivity contribution is -0.137. The van der Waals surface area contributed by atoms with Crippen LogP contribution in [0.15, 0.2) is 78.5 Å². The van der Waals surface area contributed by atoms with E-state index < -0.39 is 0 Å². The standard InChI is InChI=1S/C26H24N2O3/c1-17-9-12-19(13-10-17)16-28-25(29)23(20-7-5-4-6-8-20)24(26(28)30)27-21-15-18(2)11-14-22(21)31-3/h4-15,27H,16H2,1-3H3. The number of anilines is 1. The predicted molar refractivity (Wildman–Crippen MR) is 121 cm³/mol. The van der Waals surface area contributed by atoms with Crippen LogP contribution in [-0.4, -0.2) is 23.8 Å². The van der Waals surface area contributed by atoms with Crippen molar-refractivity contribution in [3.8, 4) is 5.75 Å². The Labute approximate surface area is 182 Å². The highest BCUT2D eigenvalue weighted by molar-refractivity contribution is 6.36. The zero-order valence-electron chi connectivity index (χ0n) is 17.8. The summed E-state index contributed by atoms with van der Waals surface area (Å²) in [6, 6.07) is 22.8. The van der Waals surface area contributed by atoms with E-state index in [0.717, 1.165) is 16.7 Å². The Bertz CT molecular complexity index is 1170. The molecule has 0 saturated heterocycles. The maximum absolute atomic E-state index is 13.4. The molecule has 1 heterocycles. The van der Waals surface area contributed by atoms with E-state index in [1.165, 1.54) is 4.90 Å². The van der Waals surface area contributed by atoms with E-state index in [-0.39, 0.29) is 24.1 Å². The summed E-state index contributed by atoms with van der Waals surface area (Å²) in [5.74, 6) is -0.0679. The van der Waals surface area contributed by atoms with Crippen LogP contribution in [0.3, 0.4) is 0 Å². The van der Waals surface area contributed by atoms with Gasteiger partial charge in [-0.2, -0.15) is 0 Å². The van der Waals surface area contributed by atoms with Crippen molar-refractivity contribution in [2.24, 2.45) is 0 Å². The SMILES string of the molecule is COc1ccc(C)cc1NC1=C(c2ccccc2)C(=O)N(Cc2ccc(C)cc2)C1=O. The molecule has 0 spiro atoms. The molecule has 31 heavy (non-hydrogen) atoms. The molecule has 4 rings (SSSR count). The van der Waals surface area contributed by atoms with Crippen LogP contribution in [0.5, 0.6) is 5.75 Å². The Morgan fingerprint density at radius 2 is 1.52 bits per heavy atom. The fraction of sp³-hybridized carbons (Fsp3) is 0.154. The maximum Gasteiger partial charge on any atom is 0.278 e. The number of hydrogen-bond acceptors (Lipinski definition) is 4. The molecule has 5 heteroatoms. The number of nitrogens with zero attached hydrogens (tertiary/aromatic N) is 1. The van der Waals surface area contributed by atoms with Crippen LogP contribution in [0.4, 0.5) is 5.69 Å². The van der Waals surface area contributed by atoms with Crippen molar-refractivity contribution in [2.45, 2.75) is 20.4 Å². The topological polar surface area (TPSA) is 58.6 Å². The third-order valence-electron chi connectivity index (χ3n) is 5.31. The van der Waals surface area contributed by atoms with Gasteiger partial charge in [0, 0.05) is 0 Å². The number of benzene rings is 3. The van der Waals surface area contributed by atoms with E-state index in [2.05, 4.69) is 5.32 Å². The predicted octanol–water partition coefficient (Wildman–Crippen LogP) is 4.70. The van der Waals surface area contributed by atoms with E-state index >= 15 is 0 Å². The van der Waals surface area contributed by atoms with Gasteiger partial charge in [-0.25, -0.2) is 0 Å². The molecule has 0 aliphatic carbocycles. The average molecular weight is 412 g/mol. The van der Waals surface area contributed by atoms with E-state index in [1.54, 1.807) is 7.11 Å². The molecule has 0 aromatic heterocycles. The summed E-state index contributed by atoms with van der Waals surface area (Å²) in [7, 11) is 1.58. The lowest BCUT2D eigenvalue weighted by Gasteiger charge is -2.16. The van der Waals surface area contributed by atoms with Gasteiger partial charge in [0.2, 0.25) is 0 Å². The van der Waals surface area contributed by atoms with Crippen LogP contribution in [0.2, 0.25) is 0 Å². The second-order valence-electron chi connectivity index (χ2n) is 7.63. The van der Waals surface area contributed by atoms with Crippen LogP contribution in [0.1, 0.15) is 22.3 Å². The minimum atomic E-state index is -0.354. The Morgan fingerprint density at radius 1 is 0.839 bits per heavy atom. The monoisotopic (exact) mass is 412 g/mol. The Hall–Kier alpha value is -3.86. The van der Waals surface area contributed by atoms with E-state index in [1.807, 2.05) is 86.6 Å². The molecule has 2 amide bonds. The molecule has 0 fully saturated rings. The third kappa shape index (κ3) is 4.08. The van der Waals surface area contributed by atoms with Gasteiger partial charge in [-0.3, -0.25) is 14.5 Å². The fourth-order valence-electron chi connectivity index (χ4n) is 3.64. The number of carbonyl (C=O) groups is 2. The Balaban J connectivity index is 1.75. The molecule has 156 valence electrons. The highest BCUT2D eigenvalue weighted by atomic mass is 16.5. The van der Waals surface area contributed by atoms with Crippen molar-refractivity contribution in [2.75, 3.05) is 12.4 Å². The summed E-state index contributed by atoms with van der Waals surface area (Å²) in [4.78, 5) is 28.1. The molecule has 3 aromatic rings.